The average molecular weight is 285 g/mol. The van der Waals surface area contributed by atoms with E-state index in [1.54, 1.807) is 6.92 Å². The maximum Gasteiger partial charge on any atom is 0.128 e. The van der Waals surface area contributed by atoms with Gasteiger partial charge in [-0.05, 0) is 56.8 Å². The Bertz CT molecular complexity index is 417. The van der Waals surface area contributed by atoms with Crippen molar-refractivity contribution in [2.45, 2.75) is 46.1 Å². The van der Waals surface area contributed by atoms with Crippen molar-refractivity contribution in [1.82, 2.24) is 5.32 Å². The van der Waals surface area contributed by atoms with Crippen LogP contribution in [0.15, 0.2) is 12.1 Å². The van der Waals surface area contributed by atoms with Crippen LogP contribution in [0.2, 0.25) is 0 Å². The average Bonchev–Trinajstić information content (AvgIpc) is 2.40. The summed E-state index contributed by atoms with van der Waals surface area (Å²) in [7, 11) is 0. The van der Waals surface area contributed by atoms with Crippen molar-refractivity contribution in [3.63, 3.8) is 0 Å². The van der Waals surface area contributed by atoms with E-state index in [0.29, 0.717) is 23.6 Å². The lowest BCUT2D eigenvalue weighted by atomic mass is 9.99. The van der Waals surface area contributed by atoms with Crippen LogP contribution in [0.1, 0.15) is 50.3 Å². The summed E-state index contributed by atoms with van der Waals surface area (Å²) in [6.45, 7) is 6.34. The predicted octanol–water partition coefficient (Wildman–Crippen LogP) is 3.72. The van der Waals surface area contributed by atoms with E-state index in [4.69, 9.17) is 5.11 Å². The molecule has 2 atom stereocenters. The lowest BCUT2D eigenvalue weighted by molar-refractivity contribution is 0.245. The number of aliphatic hydroxyl groups excluding tert-OH is 1. The fraction of sp³-hybridized carbons (Fsp3) is 0.625. The highest BCUT2D eigenvalue weighted by molar-refractivity contribution is 5.27. The number of halogens is 2. The van der Waals surface area contributed by atoms with E-state index in [2.05, 4.69) is 12.2 Å². The second-order valence-corrected chi connectivity index (χ2v) is 5.42. The largest absolute Gasteiger partial charge is 0.396 e. The van der Waals surface area contributed by atoms with Crippen LogP contribution in [0.25, 0.3) is 0 Å². The smallest absolute Gasteiger partial charge is 0.128 e. The van der Waals surface area contributed by atoms with E-state index in [9.17, 15) is 8.78 Å². The molecule has 114 valence electrons. The van der Waals surface area contributed by atoms with Gasteiger partial charge in [0.2, 0.25) is 0 Å². The monoisotopic (exact) mass is 285 g/mol. The second-order valence-electron chi connectivity index (χ2n) is 5.42. The summed E-state index contributed by atoms with van der Waals surface area (Å²) in [5.41, 5.74) is 0.676. The van der Waals surface area contributed by atoms with Crippen molar-refractivity contribution in [1.29, 1.82) is 0 Å². The molecular formula is C16H25F2NO. The van der Waals surface area contributed by atoms with Crippen LogP contribution in [0.3, 0.4) is 0 Å². The molecule has 0 saturated carbocycles. The lowest BCUT2D eigenvalue weighted by Crippen LogP contribution is -2.27. The first-order valence-corrected chi connectivity index (χ1v) is 7.29. The van der Waals surface area contributed by atoms with Gasteiger partial charge in [0.25, 0.3) is 0 Å². The number of nitrogens with one attached hydrogen (secondary N) is 1. The first-order valence-electron chi connectivity index (χ1n) is 7.29. The SMILES string of the molecule is CCCC(CCO)CNC(C)c1cc(F)c(C)cc1F. The Morgan fingerprint density at radius 1 is 1.20 bits per heavy atom. The van der Waals surface area contributed by atoms with Crippen molar-refractivity contribution in [2.75, 3.05) is 13.2 Å². The van der Waals surface area contributed by atoms with E-state index in [0.717, 1.165) is 19.3 Å². The molecule has 0 aromatic heterocycles. The van der Waals surface area contributed by atoms with Crippen molar-refractivity contribution in [2.24, 2.45) is 5.92 Å². The third kappa shape index (κ3) is 4.84. The van der Waals surface area contributed by atoms with Gasteiger partial charge < -0.3 is 10.4 Å². The summed E-state index contributed by atoms with van der Waals surface area (Å²) >= 11 is 0. The number of aliphatic hydroxyl groups is 1. The fourth-order valence-corrected chi connectivity index (χ4v) is 2.39. The maximum absolute atomic E-state index is 13.9. The zero-order valence-electron chi connectivity index (χ0n) is 12.5. The summed E-state index contributed by atoms with van der Waals surface area (Å²) in [6.07, 6.45) is 2.80. The van der Waals surface area contributed by atoms with Gasteiger partial charge in [-0.2, -0.15) is 0 Å². The number of hydrogen-bond donors (Lipinski definition) is 2. The third-order valence-corrected chi connectivity index (χ3v) is 3.69. The van der Waals surface area contributed by atoms with Gasteiger partial charge in [-0.3, -0.25) is 0 Å². The normalized spacial score (nSPS) is 14.3. The first-order chi connectivity index (χ1) is 9.49. The molecule has 0 aliphatic heterocycles. The second kappa shape index (κ2) is 8.32. The molecule has 2 N–H and O–H groups in total. The van der Waals surface area contributed by atoms with Gasteiger partial charge >= 0.3 is 0 Å². The minimum absolute atomic E-state index is 0.161. The van der Waals surface area contributed by atoms with Crippen LogP contribution < -0.4 is 5.32 Å². The topological polar surface area (TPSA) is 32.3 Å². The highest BCUT2D eigenvalue weighted by Crippen LogP contribution is 2.21. The molecular weight excluding hydrogens is 260 g/mol. The molecule has 0 amide bonds. The van der Waals surface area contributed by atoms with Gasteiger partial charge in [0.05, 0.1) is 0 Å². The van der Waals surface area contributed by atoms with Gasteiger partial charge in [-0.1, -0.05) is 13.3 Å². The number of hydrogen-bond acceptors (Lipinski definition) is 2. The molecule has 0 heterocycles. The fourth-order valence-electron chi connectivity index (χ4n) is 2.39. The molecule has 1 aromatic rings. The summed E-state index contributed by atoms with van der Waals surface area (Å²) in [5, 5.41) is 12.3. The molecule has 2 unspecified atom stereocenters. The summed E-state index contributed by atoms with van der Waals surface area (Å²) in [4.78, 5) is 0. The van der Waals surface area contributed by atoms with Gasteiger partial charge in [0.15, 0.2) is 0 Å². The highest BCUT2D eigenvalue weighted by Gasteiger charge is 2.15. The Morgan fingerprint density at radius 3 is 2.50 bits per heavy atom. The molecule has 2 nitrogen and oxygen atoms in total. The Balaban J connectivity index is 2.66. The van der Waals surface area contributed by atoms with Gasteiger partial charge in [-0.25, -0.2) is 8.78 Å². The predicted molar refractivity (Wildman–Crippen MR) is 77.6 cm³/mol. The molecule has 0 bridgehead atoms. The molecule has 0 fully saturated rings. The van der Waals surface area contributed by atoms with E-state index in [1.807, 2.05) is 6.92 Å². The van der Waals surface area contributed by atoms with Crippen LogP contribution in [0, 0.1) is 24.5 Å². The molecule has 1 rings (SSSR count). The Hall–Kier alpha value is -1.00. The Morgan fingerprint density at radius 2 is 1.90 bits per heavy atom. The minimum atomic E-state index is -0.379. The molecule has 0 aliphatic carbocycles. The molecule has 0 radical (unpaired) electrons. The first kappa shape index (κ1) is 17.1. The standard InChI is InChI=1S/C16H25F2NO/c1-4-5-13(6-7-20)10-19-12(3)14-9-15(17)11(2)8-16(14)18/h8-9,12-13,19-20H,4-7,10H2,1-3H3. The molecule has 1 aromatic carbocycles. The minimum Gasteiger partial charge on any atom is -0.396 e. The molecule has 0 saturated heterocycles. The van der Waals surface area contributed by atoms with E-state index < -0.39 is 0 Å². The molecule has 0 spiro atoms. The van der Waals surface area contributed by atoms with Crippen molar-refractivity contribution >= 4 is 0 Å². The maximum atomic E-state index is 13.9. The number of aryl methyl sites for hydroxylation is 1. The molecule has 0 aliphatic rings. The molecule has 4 heteroatoms. The van der Waals surface area contributed by atoms with Crippen molar-refractivity contribution in [3.05, 3.63) is 34.9 Å². The zero-order valence-corrected chi connectivity index (χ0v) is 12.5. The summed E-state index contributed by atoms with van der Waals surface area (Å²) < 4.78 is 27.4. The van der Waals surface area contributed by atoms with Crippen LogP contribution >= 0.6 is 0 Å². The van der Waals surface area contributed by atoms with Crippen LogP contribution in [0.4, 0.5) is 8.78 Å². The van der Waals surface area contributed by atoms with E-state index >= 15 is 0 Å². The van der Waals surface area contributed by atoms with Gasteiger partial charge in [0.1, 0.15) is 11.6 Å². The summed E-state index contributed by atoms with van der Waals surface area (Å²) in [6, 6.07) is 2.26. The van der Waals surface area contributed by atoms with Crippen LogP contribution in [-0.2, 0) is 0 Å². The lowest BCUT2D eigenvalue weighted by Gasteiger charge is -2.21. The van der Waals surface area contributed by atoms with Gasteiger partial charge in [-0.15, -0.1) is 0 Å². The number of benzene rings is 1. The quantitative estimate of drug-likeness (QED) is 0.763. The number of rotatable bonds is 8. The van der Waals surface area contributed by atoms with E-state index in [-0.39, 0.29) is 24.3 Å². The zero-order chi connectivity index (χ0) is 15.1. The Labute approximate surface area is 120 Å². The van der Waals surface area contributed by atoms with Crippen LogP contribution in [0.5, 0.6) is 0 Å². The van der Waals surface area contributed by atoms with E-state index in [1.165, 1.54) is 12.1 Å². The third-order valence-electron chi connectivity index (χ3n) is 3.69. The van der Waals surface area contributed by atoms with Crippen LogP contribution in [-0.4, -0.2) is 18.3 Å². The van der Waals surface area contributed by atoms with Gasteiger partial charge in [0, 0.05) is 18.2 Å². The van der Waals surface area contributed by atoms with Crippen molar-refractivity contribution < 1.29 is 13.9 Å². The summed E-state index contributed by atoms with van der Waals surface area (Å²) in [5.74, 6) is -0.389. The Kier molecular flexibility index (Phi) is 7.10. The van der Waals surface area contributed by atoms with Crippen molar-refractivity contribution in [3.8, 4) is 0 Å². The highest BCUT2D eigenvalue weighted by atomic mass is 19.1. The molecule has 20 heavy (non-hydrogen) atoms.